The van der Waals surface area contributed by atoms with Crippen molar-refractivity contribution in [3.63, 3.8) is 0 Å². The van der Waals surface area contributed by atoms with Crippen molar-refractivity contribution in [2.24, 2.45) is 0 Å². The molecule has 0 saturated carbocycles. The van der Waals surface area contributed by atoms with E-state index in [-0.39, 0.29) is 11.6 Å². The van der Waals surface area contributed by atoms with Crippen molar-refractivity contribution in [2.45, 2.75) is 25.8 Å². The number of aromatic carboxylic acids is 1. The van der Waals surface area contributed by atoms with Gasteiger partial charge < -0.3 is 10.0 Å². The van der Waals surface area contributed by atoms with Crippen LogP contribution in [0, 0.1) is 0 Å². The molecule has 92 valence electrons. The van der Waals surface area contributed by atoms with Gasteiger partial charge in [-0.05, 0) is 12.8 Å². The van der Waals surface area contributed by atoms with E-state index in [1.807, 2.05) is 6.92 Å². The molecule has 1 saturated heterocycles. The maximum absolute atomic E-state index is 11.8. The second kappa shape index (κ2) is 4.15. The van der Waals surface area contributed by atoms with Gasteiger partial charge in [-0.25, -0.2) is 9.48 Å². The van der Waals surface area contributed by atoms with Crippen molar-refractivity contribution in [2.75, 3.05) is 13.6 Å². The number of likely N-dealkylation sites (tertiary alicyclic amines) is 1. The molecule has 1 unspecified atom stereocenters. The monoisotopic (exact) mass is 238 g/mol. The molecule has 1 N–H and O–H groups in total. The van der Waals surface area contributed by atoms with Crippen LogP contribution in [0.25, 0.3) is 0 Å². The largest absolute Gasteiger partial charge is 0.476 e. The lowest BCUT2D eigenvalue weighted by Gasteiger charge is -2.12. The Balaban J connectivity index is 2.40. The first-order valence-electron chi connectivity index (χ1n) is 5.48. The van der Waals surface area contributed by atoms with E-state index in [4.69, 9.17) is 5.11 Å². The predicted molar refractivity (Wildman–Crippen MR) is 57.7 cm³/mol. The summed E-state index contributed by atoms with van der Waals surface area (Å²) >= 11 is 0. The SMILES string of the molecule is CCc1c(C(=O)O)nnn1C1CCN(C)C1=O. The lowest BCUT2D eigenvalue weighted by Crippen LogP contribution is -2.26. The smallest absolute Gasteiger partial charge is 0.358 e. The summed E-state index contributed by atoms with van der Waals surface area (Å²) in [6.45, 7) is 2.49. The molecular weight excluding hydrogens is 224 g/mol. The predicted octanol–water partition coefficient (Wildman–Crippen LogP) is -0.0581. The molecule has 1 aromatic heterocycles. The number of nitrogens with zero attached hydrogens (tertiary/aromatic N) is 4. The van der Waals surface area contributed by atoms with Gasteiger partial charge in [0.05, 0.1) is 5.69 Å². The summed E-state index contributed by atoms with van der Waals surface area (Å²) in [5.74, 6) is -1.14. The maximum atomic E-state index is 11.8. The minimum absolute atomic E-state index is 0.0402. The van der Waals surface area contributed by atoms with E-state index in [0.717, 1.165) is 0 Å². The molecule has 17 heavy (non-hydrogen) atoms. The van der Waals surface area contributed by atoms with Gasteiger partial charge in [-0.1, -0.05) is 12.1 Å². The third-order valence-corrected chi connectivity index (χ3v) is 3.02. The van der Waals surface area contributed by atoms with E-state index >= 15 is 0 Å². The van der Waals surface area contributed by atoms with E-state index in [9.17, 15) is 9.59 Å². The van der Waals surface area contributed by atoms with Crippen molar-refractivity contribution < 1.29 is 14.7 Å². The van der Waals surface area contributed by atoms with Crippen LogP contribution in [-0.4, -0.2) is 50.5 Å². The molecule has 0 bridgehead atoms. The van der Waals surface area contributed by atoms with Crippen molar-refractivity contribution in [1.82, 2.24) is 19.9 Å². The first-order valence-corrected chi connectivity index (χ1v) is 5.48. The first kappa shape index (κ1) is 11.6. The van der Waals surface area contributed by atoms with Gasteiger partial charge >= 0.3 is 5.97 Å². The van der Waals surface area contributed by atoms with Gasteiger partial charge in [0, 0.05) is 13.6 Å². The van der Waals surface area contributed by atoms with E-state index < -0.39 is 12.0 Å². The standard InChI is InChI=1S/C10H14N4O3/c1-3-6-8(10(16)17)11-12-14(6)7-4-5-13(2)9(7)15/h7H,3-5H2,1-2H3,(H,16,17). The molecule has 0 spiro atoms. The van der Waals surface area contributed by atoms with E-state index in [1.54, 1.807) is 11.9 Å². The van der Waals surface area contributed by atoms with Crippen molar-refractivity contribution in [3.05, 3.63) is 11.4 Å². The van der Waals surface area contributed by atoms with Gasteiger partial charge in [0.1, 0.15) is 6.04 Å². The lowest BCUT2D eigenvalue weighted by molar-refractivity contribution is -0.129. The molecule has 1 amide bonds. The first-order chi connectivity index (χ1) is 8.06. The number of aromatic nitrogens is 3. The van der Waals surface area contributed by atoms with Crippen LogP contribution >= 0.6 is 0 Å². The van der Waals surface area contributed by atoms with Crippen LogP contribution in [0.2, 0.25) is 0 Å². The molecule has 7 heteroatoms. The van der Waals surface area contributed by atoms with Gasteiger partial charge in [-0.2, -0.15) is 0 Å². The quantitative estimate of drug-likeness (QED) is 0.797. The van der Waals surface area contributed by atoms with E-state index in [1.165, 1.54) is 4.68 Å². The van der Waals surface area contributed by atoms with Gasteiger partial charge in [0.25, 0.3) is 0 Å². The molecule has 0 aromatic carbocycles. The number of amides is 1. The lowest BCUT2D eigenvalue weighted by atomic mass is 10.2. The van der Waals surface area contributed by atoms with Gasteiger partial charge in [0.15, 0.2) is 5.69 Å². The summed E-state index contributed by atoms with van der Waals surface area (Å²) in [4.78, 5) is 24.4. The Morgan fingerprint density at radius 2 is 2.29 bits per heavy atom. The molecule has 1 fully saturated rings. The van der Waals surface area contributed by atoms with E-state index in [0.29, 0.717) is 25.1 Å². The Kier molecular flexibility index (Phi) is 2.83. The Hall–Kier alpha value is -1.92. The Bertz CT molecular complexity index is 468. The summed E-state index contributed by atoms with van der Waals surface area (Å²) < 4.78 is 1.45. The Labute approximate surface area is 98.0 Å². The fourth-order valence-corrected chi connectivity index (χ4v) is 2.09. The second-order valence-corrected chi connectivity index (χ2v) is 4.05. The molecule has 2 rings (SSSR count). The number of carbonyl (C=O) groups excluding carboxylic acids is 1. The highest BCUT2D eigenvalue weighted by Crippen LogP contribution is 2.23. The van der Waals surface area contributed by atoms with Gasteiger partial charge in [0.2, 0.25) is 5.91 Å². The zero-order valence-corrected chi connectivity index (χ0v) is 9.75. The molecule has 7 nitrogen and oxygen atoms in total. The van der Waals surface area contributed by atoms with Crippen molar-refractivity contribution in [3.8, 4) is 0 Å². The highest BCUT2D eigenvalue weighted by molar-refractivity contribution is 5.87. The van der Waals surface area contributed by atoms with Crippen LogP contribution in [0.15, 0.2) is 0 Å². The fourth-order valence-electron chi connectivity index (χ4n) is 2.09. The zero-order chi connectivity index (χ0) is 12.6. The van der Waals surface area contributed by atoms with Crippen molar-refractivity contribution in [1.29, 1.82) is 0 Å². The molecule has 1 aliphatic rings. The minimum atomic E-state index is -1.10. The van der Waals surface area contributed by atoms with Crippen LogP contribution in [0.1, 0.15) is 35.6 Å². The molecule has 0 radical (unpaired) electrons. The van der Waals surface area contributed by atoms with Crippen LogP contribution in [0.3, 0.4) is 0 Å². The number of hydrogen-bond acceptors (Lipinski definition) is 4. The maximum Gasteiger partial charge on any atom is 0.358 e. The number of likely N-dealkylation sites (N-methyl/N-ethyl adjacent to an activating group) is 1. The molecule has 2 heterocycles. The summed E-state index contributed by atoms with van der Waals surface area (Å²) in [5, 5.41) is 16.4. The average Bonchev–Trinajstić information content (AvgIpc) is 2.84. The number of rotatable bonds is 3. The minimum Gasteiger partial charge on any atom is -0.476 e. The average molecular weight is 238 g/mol. The Morgan fingerprint density at radius 3 is 2.76 bits per heavy atom. The van der Waals surface area contributed by atoms with Crippen LogP contribution in [0.5, 0.6) is 0 Å². The third-order valence-electron chi connectivity index (χ3n) is 3.02. The molecule has 0 aliphatic carbocycles. The second-order valence-electron chi connectivity index (χ2n) is 4.05. The van der Waals surface area contributed by atoms with Gasteiger partial charge in [-0.3, -0.25) is 4.79 Å². The summed E-state index contributed by atoms with van der Waals surface area (Å²) in [7, 11) is 1.73. The molecular formula is C10H14N4O3. The number of hydrogen-bond donors (Lipinski definition) is 1. The van der Waals surface area contributed by atoms with Gasteiger partial charge in [-0.15, -0.1) is 5.10 Å². The van der Waals surface area contributed by atoms with Crippen LogP contribution in [-0.2, 0) is 11.2 Å². The number of carboxylic acids is 1. The third kappa shape index (κ3) is 1.77. The highest BCUT2D eigenvalue weighted by Gasteiger charge is 2.34. The van der Waals surface area contributed by atoms with Crippen molar-refractivity contribution >= 4 is 11.9 Å². The van der Waals surface area contributed by atoms with Crippen LogP contribution in [0.4, 0.5) is 0 Å². The molecule has 1 atom stereocenters. The molecule has 1 aromatic rings. The highest BCUT2D eigenvalue weighted by atomic mass is 16.4. The normalized spacial score (nSPS) is 20.0. The number of carboxylic acid groups (broad SMARTS) is 1. The summed E-state index contributed by atoms with van der Waals surface area (Å²) in [5.41, 5.74) is 0.445. The zero-order valence-electron chi connectivity index (χ0n) is 9.75. The van der Waals surface area contributed by atoms with E-state index in [2.05, 4.69) is 10.3 Å². The molecule has 1 aliphatic heterocycles. The Morgan fingerprint density at radius 1 is 1.59 bits per heavy atom. The number of carbonyl (C=O) groups is 2. The topological polar surface area (TPSA) is 88.3 Å². The fraction of sp³-hybridized carbons (Fsp3) is 0.600. The van der Waals surface area contributed by atoms with Crippen LogP contribution < -0.4 is 0 Å². The summed E-state index contributed by atoms with van der Waals surface area (Å²) in [6, 6.07) is -0.407. The summed E-state index contributed by atoms with van der Waals surface area (Å²) in [6.07, 6.45) is 1.13.